The van der Waals surface area contributed by atoms with Gasteiger partial charge in [0.05, 0.1) is 25.9 Å². The monoisotopic (exact) mass is 327 g/mol. The molecule has 0 unspecified atom stereocenters. The van der Waals surface area contributed by atoms with Crippen LogP contribution in [-0.2, 0) is 14.3 Å². The number of carbonyl (C=O) groups excluding carboxylic acids is 1. The predicted octanol–water partition coefficient (Wildman–Crippen LogP) is 0.823. The molecule has 2 rings (SSSR count). The van der Waals surface area contributed by atoms with E-state index in [9.17, 15) is 14.0 Å². The third-order valence-electron chi connectivity index (χ3n) is 3.45. The Bertz CT molecular complexity index is 579. The van der Waals surface area contributed by atoms with E-state index in [-0.39, 0.29) is 17.9 Å². The second-order valence-electron chi connectivity index (χ2n) is 5.00. The molecule has 8 heteroatoms. The van der Waals surface area contributed by atoms with E-state index in [4.69, 9.17) is 19.3 Å². The molecule has 1 aliphatic rings. The van der Waals surface area contributed by atoms with Crippen molar-refractivity contribution >= 4 is 11.9 Å². The SMILES string of the molecule is COc1cccc(F)c1C(=O)N[C@@H]1COCC[C@@H]1OCC(=O)O. The van der Waals surface area contributed by atoms with Crippen molar-refractivity contribution in [2.45, 2.75) is 18.6 Å². The van der Waals surface area contributed by atoms with Crippen LogP contribution >= 0.6 is 0 Å². The molecule has 1 aromatic carbocycles. The minimum atomic E-state index is -1.10. The second-order valence-corrected chi connectivity index (χ2v) is 5.00. The summed E-state index contributed by atoms with van der Waals surface area (Å²) in [5.74, 6) is -2.36. The lowest BCUT2D eigenvalue weighted by atomic mass is 10.1. The van der Waals surface area contributed by atoms with Crippen LogP contribution in [0.3, 0.4) is 0 Å². The number of methoxy groups -OCH3 is 1. The van der Waals surface area contributed by atoms with Crippen molar-refractivity contribution in [1.29, 1.82) is 0 Å². The summed E-state index contributed by atoms with van der Waals surface area (Å²) in [5.41, 5.74) is -0.211. The molecule has 1 heterocycles. The first-order valence-electron chi connectivity index (χ1n) is 7.07. The van der Waals surface area contributed by atoms with Gasteiger partial charge in [0, 0.05) is 6.61 Å². The molecule has 1 aliphatic heterocycles. The lowest BCUT2D eigenvalue weighted by Crippen LogP contribution is -2.51. The lowest BCUT2D eigenvalue weighted by Gasteiger charge is -2.31. The molecule has 1 fully saturated rings. The highest BCUT2D eigenvalue weighted by Gasteiger charge is 2.30. The summed E-state index contributed by atoms with van der Waals surface area (Å²) in [6, 6.07) is 3.51. The van der Waals surface area contributed by atoms with Gasteiger partial charge in [-0.2, -0.15) is 0 Å². The molecule has 1 saturated heterocycles. The van der Waals surface area contributed by atoms with Gasteiger partial charge in [-0.3, -0.25) is 4.79 Å². The number of aliphatic carboxylic acids is 1. The maximum atomic E-state index is 13.9. The summed E-state index contributed by atoms with van der Waals surface area (Å²) in [7, 11) is 1.34. The molecule has 7 nitrogen and oxygen atoms in total. The maximum Gasteiger partial charge on any atom is 0.329 e. The number of hydrogen-bond donors (Lipinski definition) is 2. The van der Waals surface area contributed by atoms with Crippen molar-refractivity contribution in [3.63, 3.8) is 0 Å². The number of carboxylic acid groups (broad SMARTS) is 1. The predicted molar refractivity (Wildman–Crippen MR) is 77.0 cm³/mol. The van der Waals surface area contributed by atoms with E-state index in [1.165, 1.54) is 19.2 Å². The third kappa shape index (κ3) is 4.40. The van der Waals surface area contributed by atoms with Crippen LogP contribution in [0.1, 0.15) is 16.8 Å². The van der Waals surface area contributed by atoms with Crippen LogP contribution in [-0.4, -0.2) is 56.1 Å². The summed E-state index contributed by atoms with van der Waals surface area (Å²) >= 11 is 0. The quantitative estimate of drug-likeness (QED) is 0.803. The van der Waals surface area contributed by atoms with Crippen molar-refractivity contribution in [2.75, 3.05) is 26.9 Å². The van der Waals surface area contributed by atoms with Gasteiger partial charge in [0.1, 0.15) is 23.7 Å². The Kier molecular flexibility index (Phi) is 5.89. The molecule has 0 aliphatic carbocycles. The Morgan fingerprint density at radius 1 is 1.48 bits per heavy atom. The summed E-state index contributed by atoms with van der Waals surface area (Å²) in [4.78, 5) is 22.9. The van der Waals surface area contributed by atoms with E-state index < -0.39 is 36.4 Å². The van der Waals surface area contributed by atoms with Crippen LogP contribution in [0.25, 0.3) is 0 Å². The van der Waals surface area contributed by atoms with Crippen LogP contribution in [0.5, 0.6) is 5.75 Å². The number of halogens is 1. The average Bonchev–Trinajstić information content (AvgIpc) is 2.53. The van der Waals surface area contributed by atoms with Gasteiger partial charge in [-0.15, -0.1) is 0 Å². The highest BCUT2D eigenvalue weighted by atomic mass is 19.1. The first-order chi connectivity index (χ1) is 11.0. The number of amides is 1. The molecule has 0 bridgehead atoms. The van der Waals surface area contributed by atoms with E-state index in [2.05, 4.69) is 5.32 Å². The Morgan fingerprint density at radius 2 is 2.26 bits per heavy atom. The Morgan fingerprint density at radius 3 is 2.96 bits per heavy atom. The van der Waals surface area contributed by atoms with E-state index in [0.717, 1.165) is 6.07 Å². The summed E-state index contributed by atoms with van der Waals surface area (Å²) < 4.78 is 29.4. The van der Waals surface area contributed by atoms with Gasteiger partial charge in [-0.25, -0.2) is 9.18 Å². The standard InChI is InChI=1S/C15H18FNO6/c1-21-12-4-2-3-9(16)14(12)15(20)17-10-7-22-6-5-11(10)23-8-13(18)19/h2-4,10-11H,5-8H2,1H3,(H,17,20)(H,18,19)/t10-,11+/m1/s1. The Balaban J connectivity index is 2.09. The lowest BCUT2D eigenvalue weighted by molar-refractivity contribution is -0.147. The molecule has 2 atom stereocenters. The zero-order chi connectivity index (χ0) is 16.8. The summed E-state index contributed by atoms with van der Waals surface area (Å²) in [6.07, 6.45) is -0.0753. The van der Waals surface area contributed by atoms with Gasteiger partial charge in [-0.05, 0) is 18.6 Å². The Labute approximate surface area is 132 Å². The maximum absolute atomic E-state index is 13.9. The molecule has 126 valence electrons. The molecule has 1 aromatic rings. The van der Waals surface area contributed by atoms with Crippen LogP contribution in [0, 0.1) is 5.82 Å². The number of nitrogens with one attached hydrogen (secondary N) is 1. The van der Waals surface area contributed by atoms with Gasteiger partial charge in [0.2, 0.25) is 0 Å². The zero-order valence-corrected chi connectivity index (χ0v) is 12.6. The largest absolute Gasteiger partial charge is 0.496 e. The number of hydrogen-bond acceptors (Lipinski definition) is 5. The van der Waals surface area contributed by atoms with Crippen molar-refractivity contribution in [2.24, 2.45) is 0 Å². The normalized spacial score (nSPS) is 20.8. The van der Waals surface area contributed by atoms with Crippen molar-refractivity contribution < 1.29 is 33.3 Å². The fourth-order valence-corrected chi connectivity index (χ4v) is 2.37. The average molecular weight is 327 g/mol. The molecular formula is C15H18FNO6. The van der Waals surface area contributed by atoms with Crippen LogP contribution in [0.15, 0.2) is 18.2 Å². The smallest absolute Gasteiger partial charge is 0.329 e. The number of rotatable bonds is 6. The van der Waals surface area contributed by atoms with Crippen molar-refractivity contribution in [3.8, 4) is 5.75 Å². The Hall–Kier alpha value is -2.19. The topological polar surface area (TPSA) is 94.1 Å². The van der Waals surface area contributed by atoms with E-state index in [1.54, 1.807) is 0 Å². The van der Waals surface area contributed by atoms with Crippen molar-refractivity contribution in [3.05, 3.63) is 29.6 Å². The van der Waals surface area contributed by atoms with E-state index >= 15 is 0 Å². The van der Waals surface area contributed by atoms with Crippen LogP contribution in [0.2, 0.25) is 0 Å². The highest BCUT2D eigenvalue weighted by Crippen LogP contribution is 2.22. The minimum absolute atomic E-state index is 0.113. The summed E-state index contributed by atoms with van der Waals surface area (Å²) in [5, 5.41) is 11.3. The van der Waals surface area contributed by atoms with Crippen LogP contribution < -0.4 is 10.1 Å². The molecule has 23 heavy (non-hydrogen) atoms. The van der Waals surface area contributed by atoms with Gasteiger partial charge in [0.15, 0.2) is 0 Å². The third-order valence-corrected chi connectivity index (χ3v) is 3.45. The fraction of sp³-hybridized carbons (Fsp3) is 0.467. The highest BCUT2D eigenvalue weighted by molar-refractivity contribution is 5.97. The van der Waals surface area contributed by atoms with E-state index in [0.29, 0.717) is 13.0 Å². The number of ether oxygens (including phenoxy) is 3. The molecular weight excluding hydrogens is 309 g/mol. The zero-order valence-electron chi connectivity index (χ0n) is 12.6. The van der Waals surface area contributed by atoms with Crippen molar-refractivity contribution in [1.82, 2.24) is 5.32 Å². The van der Waals surface area contributed by atoms with Gasteiger partial charge in [-0.1, -0.05) is 6.07 Å². The number of benzene rings is 1. The van der Waals surface area contributed by atoms with Crippen LogP contribution in [0.4, 0.5) is 4.39 Å². The molecule has 2 N–H and O–H groups in total. The second kappa shape index (κ2) is 7.89. The molecule has 0 spiro atoms. The molecule has 0 saturated carbocycles. The fourth-order valence-electron chi connectivity index (χ4n) is 2.37. The van der Waals surface area contributed by atoms with E-state index in [1.807, 2.05) is 0 Å². The number of carboxylic acids is 1. The molecule has 0 aromatic heterocycles. The first-order valence-corrected chi connectivity index (χ1v) is 7.07. The first kappa shape index (κ1) is 17.2. The molecule has 1 amide bonds. The van der Waals surface area contributed by atoms with Gasteiger partial charge >= 0.3 is 5.97 Å². The number of carbonyl (C=O) groups is 2. The minimum Gasteiger partial charge on any atom is -0.496 e. The summed E-state index contributed by atoms with van der Waals surface area (Å²) in [6.45, 7) is 0.0898. The van der Waals surface area contributed by atoms with Gasteiger partial charge in [0.25, 0.3) is 5.91 Å². The van der Waals surface area contributed by atoms with Gasteiger partial charge < -0.3 is 24.6 Å². The molecule has 0 radical (unpaired) electrons.